The van der Waals surface area contributed by atoms with Gasteiger partial charge in [0.2, 0.25) is 0 Å². The minimum Gasteiger partial charge on any atom is -0.492 e. The Morgan fingerprint density at radius 1 is 1.12 bits per heavy atom. The number of aromatic amines is 1. The maximum absolute atomic E-state index is 12.6. The van der Waals surface area contributed by atoms with Crippen LogP contribution in [0.4, 0.5) is 11.4 Å². The molecular formula is C23H24ClN5O4S. The molecule has 0 spiro atoms. The van der Waals surface area contributed by atoms with Crippen molar-refractivity contribution in [2.24, 2.45) is 0 Å². The lowest BCUT2D eigenvalue weighted by Gasteiger charge is -2.15. The highest BCUT2D eigenvalue weighted by Gasteiger charge is 2.15. The third-order valence-corrected chi connectivity index (χ3v) is 6.72. The Bertz CT molecular complexity index is 1390. The van der Waals surface area contributed by atoms with E-state index < -0.39 is 16.1 Å². The number of ether oxygens (including phenoxy) is 1. The number of hydrogen-bond acceptors (Lipinski definition) is 7. The van der Waals surface area contributed by atoms with Gasteiger partial charge in [0, 0.05) is 35.9 Å². The molecule has 0 aliphatic rings. The van der Waals surface area contributed by atoms with Crippen LogP contribution in [0.2, 0.25) is 5.15 Å². The Morgan fingerprint density at radius 2 is 1.94 bits per heavy atom. The molecule has 0 unspecified atom stereocenters. The summed E-state index contributed by atoms with van der Waals surface area (Å²) in [5.41, 5.74) is 7.68. The number of nitrogens with one attached hydrogen (secondary N) is 3. The van der Waals surface area contributed by atoms with Crippen molar-refractivity contribution < 1.29 is 18.3 Å². The van der Waals surface area contributed by atoms with Gasteiger partial charge in [-0.15, -0.1) is 0 Å². The predicted molar refractivity (Wildman–Crippen MR) is 133 cm³/mol. The summed E-state index contributed by atoms with van der Waals surface area (Å²) in [6.07, 6.45) is -0.834. The van der Waals surface area contributed by atoms with Gasteiger partial charge < -0.3 is 20.9 Å². The molecule has 0 aliphatic heterocycles. The van der Waals surface area contributed by atoms with E-state index in [-0.39, 0.29) is 11.4 Å². The first-order valence-corrected chi connectivity index (χ1v) is 12.3. The summed E-state index contributed by atoms with van der Waals surface area (Å²) in [6.45, 7) is 1.15. The molecule has 1 aromatic heterocycles. The highest BCUT2D eigenvalue weighted by atomic mass is 35.5. The van der Waals surface area contributed by atoms with E-state index in [1.54, 1.807) is 42.5 Å². The SMILES string of the molecule is Nc1cccc(S(=O)(=O)Nc2cccc([C@@H](O)CNCCOc3ccc4c(Cl)[nH]nc4c3)c2)c1. The highest BCUT2D eigenvalue weighted by Crippen LogP contribution is 2.24. The van der Waals surface area contributed by atoms with Crippen LogP contribution in [0.5, 0.6) is 5.75 Å². The van der Waals surface area contributed by atoms with Gasteiger partial charge in [-0.3, -0.25) is 9.82 Å². The number of aliphatic hydroxyl groups excluding tert-OH is 1. The number of anilines is 2. The molecule has 0 saturated heterocycles. The lowest BCUT2D eigenvalue weighted by molar-refractivity contribution is 0.172. The molecule has 4 rings (SSSR count). The summed E-state index contributed by atoms with van der Waals surface area (Å²) >= 11 is 5.99. The van der Waals surface area contributed by atoms with Crippen LogP contribution in [0.1, 0.15) is 11.7 Å². The van der Waals surface area contributed by atoms with Crippen LogP contribution >= 0.6 is 11.6 Å². The third kappa shape index (κ3) is 5.78. The van der Waals surface area contributed by atoms with Crippen LogP contribution < -0.4 is 20.5 Å². The maximum atomic E-state index is 12.6. The van der Waals surface area contributed by atoms with E-state index in [0.29, 0.717) is 41.0 Å². The Morgan fingerprint density at radius 3 is 2.76 bits per heavy atom. The zero-order chi connectivity index (χ0) is 24.1. The maximum Gasteiger partial charge on any atom is 0.261 e. The van der Waals surface area contributed by atoms with Crippen molar-refractivity contribution in [2.45, 2.75) is 11.0 Å². The number of nitrogens with two attached hydrogens (primary N) is 1. The van der Waals surface area contributed by atoms with Gasteiger partial charge in [-0.2, -0.15) is 5.10 Å². The van der Waals surface area contributed by atoms with Crippen molar-refractivity contribution in [3.05, 3.63) is 77.4 Å². The van der Waals surface area contributed by atoms with Crippen LogP contribution in [-0.2, 0) is 10.0 Å². The number of fused-ring (bicyclic) bond motifs is 1. The molecule has 0 aliphatic carbocycles. The van der Waals surface area contributed by atoms with Gasteiger partial charge in [-0.1, -0.05) is 29.8 Å². The molecule has 0 amide bonds. The molecule has 178 valence electrons. The quantitative estimate of drug-likeness (QED) is 0.166. The minimum atomic E-state index is -3.80. The normalized spacial score (nSPS) is 12.5. The molecule has 0 saturated carbocycles. The first-order chi connectivity index (χ1) is 16.3. The molecule has 34 heavy (non-hydrogen) atoms. The standard InChI is InChI=1S/C23H24ClN5O4S/c24-23-20-8-7-18(13-21(20)27-28-23)33-10-9-26-14-22(30)15-3-1-5-17(11-15)29-34(31,32)19-6-2-4-16(25)12-19/h1-8,11-13,22,26,29-30H,9-10,14,25H2,(H,27,28)/t22-/m0/s1. The molecule has 0 radical (unpaired) electrons. The van der Waals surface area contributed by atoms with Crippen molar-refractivity contribution in [3.63, 3.8) is 0 Å². The fraction of sp³-hybridized carbons (Fsp3) is 0.174. The fourth-order valence-corrected chi connectivity index (χ4v) is 4.66. The van der Waals surface area contributed by atoms with Crippen molar-refractivity contribution in [3.8, 4) is 5.75 Å². The van der Waals surface area contributed by atoms with E-state index in [0.717, 1.165) is 10.9 Å². The molecule has 0 fully saturated rings. The summed E-state index contributed by atoms with van der Waals surface area (Å²) < 4.78 is 33.4. The molecule has 4 aromatic rings. The van der Waals surface area contributed by atoms with Gasteiger partial charge in [-0.05, 0) is 48.0 Å². The Hall–Kier alpha value is -3.31. The van der Waals surface area contributed by atoms with Gasteiger partial charge >= 0.3 is 0 Å². The predicted octanol–water partition coefficient (Wildman–Crippen LogP) is 3.30. The molecule has 3 aromatic carbocycles. The molecule has 1 atom stereocenters. The first-order valence-electron chi connectivity index (χ1n) is 10.5. The first kappa shape index (κ1) is 23.8. The van der Waals surface area contributed by atoms with E-state index in [9.17, 15) is 13.5 Å². The van der Waals surface area contributed by atoms with Crippen LogP contribution in [0.25, 0.3) is 10.9 Å². The summed E-state index contributed by atoms with van der Waals surface area (Å²) in [6, 6.07) is 18.1. The summed E-state index contributed by atoms with van der Waals surface area (Å²) in [7, 11) is -3.80. The van der Waals surface area contributed by atoms with Gasteiger partial charge in [-0.25, -0.2) is 8.42 Å². The van der Waals surface area contributed by atoms with Gasteiger partial charge in [0.1, 0.15) is 17.5 Å². The molecule has 1 heterocycles. The van der Waals surface area contributed by atoms with Crippen molar-refractivity contribution in [2.75, 3.05) is 30.2 Å². The van der Waals surface area contributed by atoms with Crippen molar-refractivity contribution in [1.29, 1.82) is 0 Å². The molecule has 6 N–H and O–H groups in total. The van der Waals surface area contributed by atoms with E-state index in [4.69, 9.17) is 22.1 Å². The number of nitrogen functional groups attached to an aromatic ring is 1. The van der Waals surface area contributed by atoms with E-state index >= 15 is 0 Å². The number of hydrogen-bond donors (Lipinski definition) is 5. The van der Waals surface area contributed by atoms with Gasteiger partial charge in [0.25, 0.3) is 10.0 Å². The van der Waals surface area contributed by atoms with Crippen LogP contribution in [0, 0.1) is 0 Å². The number of rotatable bonds is 10. The summed E-state index contributed by atoms with van der Waals surface area (Å²) in [5.74, 6) is 0.665. The largest absolute Gasteiger partial charge is 0.492 e. The number of aromatic nitrogens is 2. The smallest absolute Gasteiger partial charge is 0.261 e. The Labute approximate surface area is 201 Å². The minimum absolute atomic E-state index is 0.0645. The Kier molecular flexibility index (Phi) is 7.23. The number of halogens is 1. The number of aliphatic hydroxyl groups is 1. The third-order valence-electron chi connectivity index (χ3n) is 5.06. The second kappa shape index (κ2) is 10.3. The van der Waals surface area contributed by atoms with Crippen molar-refractivity contribution in [1.82, 2.24) is 15.5 Å². The molecule has 0 bridgehead atoms. The van der Waals surface area contributed by atoms with Crippen LogP contribution in [-0.4, -0.2) is 43.4 Å². The number of sulfonamides is 1. The molecule has 9 nitrogen and oxygen atoms in total. The topological polar surface area (TPSA) is 142 Å². The lowest BCUT2D eigenvalue weighted by Crippen LogP contribution is -2.26. The average Bonchev–Trinajstić information content (AvgIpc) is 3.18. The molecular weight excluding hydrogens is 478 g/mol. The second-order valence-corrected chi connectivity index (χ2v) is 9.65. The Balaban J connectivity index is 1.27. The fourth-order valence-electron chi connectivity index (χ4n) is 3.35. The van der Waals surface area contributed by atoms with E-state index in [2.05, 4.69) is 20.2 Å². The van der Waals surface area contributed by atoms with E-state index in [1.165, 1.54) is 12.1 Å². The van der Waals surface area contributed by atoms with E-state index in [1.807, 2.05) is 12.1 Å². The average molecular weight is 502 g/mol. The second-order valence-electron chi connectivity index (χ2n) is 7.59. The number of nitrogens with zero attached hydrogens (tertiary/aromatic N) is 1. The summed E-state index contributed by atoms with van der Waals surface area (Å²) in [5, 5.41) is 21.8. The number of H-pyrrole nitrogens is 1. The molecule has 11 heteroatoms. The summed E-state index contributed by atoms with van der Waals surface area (Å²) in [4.78, 5) is 0.0645. The highest BCUT2D eigenvalue weighted by molar-refractivity contribution is 7.92. The van der Waals surface area contributed by atoms with Gasteiger partial charge in [0.15, 0.2) is 0 Å². The van der Waals surface area contributed by atoms with Gasteiger partial charge in [0.05, 0.1) is 16.5 Å². The van der Waals surface area contributed by atoms with Crippen LogP contribution in [0.15, 0.2) is 71.6 Å². The number of benzene rings is 3. The zero-order valence-corrected chi connectivity index (χ0v) is 19.6. The monoisotopic (exact) mass is 501 g/mol. The van der Waals surface area contributed by atoms with Crippen LogP contribution in [0.3, 0.4) is 0 Å². The van der Waals surface area contributed by atoms with Crippen molar-refractivity contribution >= 4 is 43.9 Å². The zero-order valence-electron chi connectivity index (χ0n) is 18.0. The lowest BCUT2D eigenvalue weighted by atomic mass is 10.1.